The van der Waals surface area contributed by atoms with Crippen LogP contribution in [0.4, 0.5) is 0 Å². The molecule has 0 spiro atoms. The third-order valence-corrected chi connectivity index (χ3v) is 11.6. The lowest BCUT2D eigenvalue weighted by Crippen LogP contribution is -2.69. The van der Waals surface area contributed by atoms with Gasteiger partial charge in [-0.05, 0) is 87.7 Å². The van der Waals surface area contributed by atoms with Crippen LogP contribution in [0.1, 0.15) is 72.6 Å². The number of aliphatic hydroxyl groups is 4. The molecular weight excluding hydrogens is 448 g/mol. The average Bonchev–Trinajstić information content (AvgIpc) is 3.09. The number of hydrogen-bond donors (Lipinski definition) is 4. The minimum atomic E-state index is -1.46. The van der Waals surface area contributed by atoms with Crippen molar-refractivity contribution < 1.29 is 34.8 Å². The zero-order valence-corrected chi connectivity index (χ0v) is 21.3. The predicted octanol–water partition coefficient (Wildman–Crippen LogP) is 2.45. The molecule has 0 aromatic heterocycles. The summed E-state index contributed by atoms with van der Waals surface area (Å²) in [6, 6.07) is 0. The highest BCUT2D eigenvalue weighted by molar-refractivity contribution is 5.97. The Labute approximate surface area is 207 Å². The fourth-order valence-electron chi connectivity index (χ4n) is 9.17. The van der Waals surface area contributed by atoms with Crippen molar-refractivity contribution in [3.8, 4) is 0 Å². The molecule has 194 valence electrons. The van der Waals surface area contributed by atoms with E-state index in [0.29, 0.717) is 44.1 Å². The number of hydrogen-bond acceptors (Lipinski definition) is 7. The molecular formula is C28H40O7. The molecule has 35 heavy (non-hydrogen) atoms. The van der Waals surface area contributed by atoms with Gasteiger partial charge in [0.05, 0.1) is 23.2 Å². The Morgan fingerprint density at radius 3 is 2.43 bits per heavy atom. The first-order valence-electron chi connectivity index (χ1n) is 13.2. The number of ether oxygens (including phenoxy) is 1. The van der Waals surface area contributed by atoms with E-state index in [-0.39, 0.29) is 36.1 Å². The van der Waals surface area contributed by atoms with Crippen LogP contribution in [0.15, 0.2) is 23.3 Å². The first kappa shape index (κ1) is 25.1. The minimum absolute atomic E-state index is 0.0612. The van der Waals surface area contributed by atoms with E-state index in [2.05, 4.69) is 6.92 Å². The minimum Gasteiger partial charge on any atom is -0.458 e. The van der Waals surface area contributed by atoms with Crippen molar-refractivity contribution in [2.24, 2.45) is 34.5 Å². The van der Waals surface area contributed by atoms with E-state index in [4.69, 9.17) is 4.74 Å². The maximum atomic E-state index is 13.2. The van der Waals surface area contributed by atoms with Crippen molar-refractivity contribution in [3.05, 3.63) is 23.3 Å². The molecule has 5 rings (SSSR count). The molecule has 0 radical (unpaired) electrons. The zero-order chi connectivity index (χ0) is 25.6. The second kappa shape index (κ2) is 7.98. The molecule has 3 saturated carbocycles. The van der Waals surface area contributed by atoms with E-state index >= 15 is 0 Å². The van der Waals surface area contributed by atoms with Gasteiger partial charge in [-0.25, -0.2) is 4.79 Å². The summed E-state index contributed by atoms with van der Waals surface area (Å²) < 4.78 is 5.73. The van der Waals surface area contributed by atoms with E-state index < -0.39 is 40.2 Å². The number of allylic oxidation sites excluding steroid dienone is 1. The number of fused-ring (bicyclic) bond motifs is 5. The fraction of sp³-hybridized carbons (Fsp3) is 0.786. The van der Waals surface area contributed by atoms with Gasteiger partial charge in [-0.2, -0.15) is 0 Å². The van der Waals surface area contributed by atoms with Gasteiger partial charge in [0, 0.05) is 12.3 Å². The highest BCUT2D eigenvalue weighted by Crippen LogP contribution is 2.69. The summed E-state index contributed by atoms with van der Waals surface area (Å²) in [6.07, 6.45) is 5.74. The van der Waals surface area contributed by atoms with Crippen LogP contribution in [0.3, 0.4) is 0 Å². The van der Waals surface area contributed by atoms with Crippen molar-refractivity contribution in [2.75, 3.05) is 6.61 Å². The van der Waals surface area contributed by atoms with Gasteiger partial charge in [-0.1, -0.05) is 19.4 Å². The van der Waals surface area contributed by atoms with E-state index in [1.807, 2.05) is 20.8 Å². The number of ketones is 1. The fourth-order valence-corrected chi connectivity index (χ4v) is 9.17. The van der Waals surface area contributed by atoms with Gasteiger partial charge in [-0.3, -0.25) is 4.79 Å². The second-order valence-electron chi connectivity index (χ2n) is 12.5. The first-order valence-corrected chi connectivity index (χ1v) is 13.2. The molecule has 1 unspecified atom stereocenters. The number of cyclic esters (lactones) is 1. The molecule has 1 heterocycles. The summed E-state index contributed by atoms with van der Waals surface area (Å²) in [6.45, 7) is 7.47. The summed E-state index contributed by atoms with van der Waals surface area (Å²) in [5.74, 6) is -0.614. The Morgan fingerprint density at radius 1 is 1.09 bits per heavy atom. The van der Waals surface area contributed by atoms with Crippen molar-refractivity contribution in [1.29, 1.82) is 0 Å². The zero-order valence-electron chi connectivity index (χ0n) is 21.3. The molecule has 0 bridgehead atoms. The lowest BCUT2D eigenvalue weighted by Gasteiger charge is -2.63. The summed E-state index contributed by atoms with van der Waals surface area (Å²) in [7, 11) is 0. The van der Waals surface area contributed by atoms with Crippen LogP contribution in [0.5, 0.6) is 0 Å². The van der Waals surface area contributed by atoms with E-state index in [1.165, 1.54) is 12.2 Å². The molecule has 4 N–H and O–H groups in total. The van der Waals surface area contributed by atoms with Gasteiger partial charge >= 0.3 is 5.97 Å². The van der Waals surface area contributed by atoms with Gasteiger partial charge < -0.3 is 25.2 Å². The lowest BCUT2D eigenvalue weighted by molar-refractivity contribution is -0.228. The maximum absolute atomic E-state index is 13.2. The molecule has 0 saturated heterocycles. The Hall–Kier alpha value is -1.54. The van der Waals surface area contributed by atoms with Gasteiger partial charge in [0.15, 0.2) is 5.78 Å². The summed E-state index contributed by atoms with van der Waals surface area (Å²) in [4.78, 5) is 25.7. The highest BCUT2D eigenvalue weighted by atomic mass is 16.5. The van der Waals surface area contributed by atoms with Crippen LogP contribution in [0, 0.1) is 34.5 Å². The van der Waals surface area contributed by atoms with Crippen LogP contribution >= 0.6 is 0 Å². The molecule has 5 aliphatic rings. The molecule has 7 nitrogen and oxygen atoms in total. The van der Waals surface area contributed by atoms with Crippen molar-refractivity contribution in [3.63, 3.8) is 0 Å². The smallest absolute Gasteiger partial charge is 0.336 e. The quantitative estimate of drug-likeness (QED) is 0.450. The molecule has 10 atom stereocenters. The largest absolute Gasteiger partial charge is 0.458 e. The van der Waals surface area contributed by atoms with Crippen molar-refractivity contribution >= 4 is 11.8 Å². The number of carbonyl (C=O) groups excluding carboxylic acids is 2. The van der Waals surface area contributed by atoms with Crippen molar-refractivity contribution in [1.82, 2.24) is 0 Å². The predicted molar refractivity (Wildman–Crippen MR) is 128 cm³/mol. The third-order valence-electron chi connectivity index (χ3n) is 11.6. The van der Waals surface area contributed by atoms with Crippen molar-refractivity contribution in [2.45, 2.75) is 96.1 Å². The second-order valence-corrected chi connectivity index (χ2v) is 12.5. The monoisotopic (exact) mass is 488 g/mol. The Morgan fingerprint density at radius 2 is 1.77 bits per heavy atom. The average molecular weight is 489 g/mol. The van der Waals surface area contributed by atoms with Crippen LogP contribution in [0.25, 0.3) is 0 Å². The number of rotatable bonds is 3. The van der Waals surface area contributed by atoms with E-state index in [0.717, 1.165) is 12.0 Å². The molecule has 0 aromatic carbocycles. The van der Waals surface area contributed by atoms with Crippen LogP contribution in [-0.2, 0) is 14.3 Å². The van der Waals surface area contributed by atoms with Gasteiger partial charge in [0.25, 0.3) is 0 Å². The highest BCUT2D eigenvalue weighted by Gasteiger charge is 2.71. The summed E-state index contributed by atoms with van der Waals surface area (Å²) in [5, 5.41) is 44.0. The summed E-state index contributed by atoms with van der Waals surface area (Å²) in [5.41, 5.74) is -2.82. The van der Waals surface area contributed by atoms with Crippen LogP contribution in [0.2, 0.25) is 0 Å². The molecule has 3 fully saturated rings. The van der Waals surface area contributed by atoms with Crippen LogP contribution < -0.4 is 0 Å². The first-order chi connectivity index (χ1) is 16.3. The van der Waals surface area contributed by atoms with Crippen LogP contribution in [-0.4, -0.2) is 62.2 Å². The van der Waals surface area contributed by atoms with Gasteiger partial charge in [0.2, 0.25) is 0 Å². The molecule has 0 aromatic rings. The topological polar surface area (TPSA) is 124 Å². The molecule has 7 heteroatoms. The molecule has 0 amide bonds. The van der Waals surface area contributed by atoms with E-state index in [9.17, 15) is 30.0 Å². The van der Waals surface area contributed by atoms with E-state index in [1.54, 1.807) is 0 Å². The number of esters is 1. The number of aliphatic hydroxyl groups excluding tert-OH is 2. The maximum Gasteiger partial charge on any atom is 0.336 e. The SMILES string of the molecule is CC1=C(CO)C(=O)OC([C@@H](C)[C@@]2(O)CC[C@H]3[C@@H]4CC[C@]5(O)[C@@H](O)C=CC(=O)[C@]5(C)[C@H]4CC[C@@]32C)C1. The Bertz CT molecular complexity index is 1000. The standard InChI is InChI=1S/C28H40O7/c1-15-13-21(35-24(32)18(15)14-29)16(2)27(33)12-9-19-17-7-11-28(34)23(31)6-5-22(30)26(28,4)20(17)8-10-25(19,27)3/h5-6,16-17,19-21,23,29,31,33-34H,7-14H2,1-4H3/t16-,17+,19+,20+,21?,23+,25+,26+,27+,28+/m1/s1. The molecule has 4 aliphatic carbocycles. The normalized spacial score (nSPS) is 50.3. The van der Waals surface area contributed by atoms with Gasteiger partial charge in [0.1, 0.15) is 17.8 Å². The lowest BCUT2D eigenvalue weighted by atomic mass is 9.42. The molecule has 1 aliphatic heterocycles. The summed E-state index contributed by atoms with van der Waals surface area (Å²) >= 11 is 0. The third kappa shape index (κ3) is 3.04. The van der Waals surface area contributed by atoms with Gasteiger partial charge in [-0.15, -0.1) is 0 Å². The Kier molecular flexibility index (Phi) is 5.73. The number of carbonyl (C=O) groups is 2. The Balaban J connectivity index is 1.44.